The molecular weight excluding hydrogens is 276 g/mol. The molecule has 0 fully saturated rings. The first kappa shape index (κ1) is 14.2. The van der Waals surface area contributed by atoms with Crippen molar-refractivity contribution in [2.45, 2.75) is 6.54 Å². The van der Waals surface area contributed by atoms with Gasteiger partial charge >= 0.3 is 0 Å². The number of ether oxygens (including phenoxy) is 1. The van der Waals surface area contributed by atoms with Crippen LogP contribution in [0.5, 0.6) is 5.75 Å². The highest BCUT2D eigenvalue weighted by Crippen LogP contribution is 2.21. The first-order valence-corrected chi connectivity index (χ1v) is 6.44. The Morgan fingerprint density at radius 1 is 1.30 bits per heavy atom. The van der Waals surface area contributed by atoms with Gasteiger partial charge in [0, 0.05) is 12.2 Å². The number of nitrogens with two attached hydrogens (primary N) is 1. The summed E-state index contributed by atoms with van der Waals surface area (Å²) in [5, 5.41) is 3.13. The number of hydrogen-bond donors (Lipinski definition) is 2. The molecule has 0 aliphatic carbocycles. The number of hydrogen-bond acceptors (Lipinski definition) is 3. The van der Waals surface area contributed by atoms with Gasteiger partial charge in [-0.15, -0.1) is 0 Å². The first-order chi connectivity index (χ1) is 9.61. The van der Waals surface area contributed by atoms with Gasteiger partial charge in [0.15, 0.2) is 0 Å². The van der Waals surface area contributed by atoms with Gasteiger partial charge in [-0.25, -0.2) is 0 Å². The van der Waals surface area contributed by atoms with Crippen LogP contribution in [0.1, 0.15) is 15.9 Å². The van der Waals surface area contributed by atoms with E-state index in [1.165, 1.54) is 0 Å². The monoisotopic (exact) mass is 290 g/mol. The smallest absolute Gasteiger partial charge is 0.255 e. The summed E-state index contributed by atoms with van der Waals surface area (Å²) < 4.78 is 5.13. The predicted octanol–water partition coefficient (Wildman–Crippen LogP) is 2.86. The van der Waals surface area contributed by atoms with Crippen molar-refractivity contribution < 1.29 is 9.53 Å². The van der Waals surface area contributed by atoms with Crippen LogP contribution in [0.15, 0.2) is 42.5 Å². The Balaban J connectivity index is 2.09. The Labute approximate surface area is 122 Å². The third-order valence-corrected chi connectivity index (χ3v) is 3.18. The number of methoxy groups -OCH3 is 1. The summed E-state index contributed by atoms with van der Waals surface area (Å²) in [4.78, 5) is 12.1. The number of halogens is 1. The molecule has 104 valence electrons. The average molecular weight is 291 g/mol. The van der Waals surface area contributed by atoms with Gasteiger partial charge in [-0.2, -0.15) is 0 Å². The molecule has 0 spiro atoms. The normalized spacial score (nSPS) is 10.1. The molecule has 0 saturated heterocycles. The Morgan fingerprint density at radius 3 is 2.75 bits per heavy atom. The van der Waals surface area contributed by atoms with Crippen LogP contribution >= 0.6 is 11.6 Å². The molecular formula is C15H15ClN2O2. The van der Waals surface area contributed by atoms with Crippen molar-refractivity contribution in [2.24, 2.45) is 0 Å². The molecule has 0 aliphatic rings. The van der Waals surface area contributed by atoms with Crippen molar-refractivity contribution in [3.05, 3.63) is 58.6 Å². The third kappa shape index (κ3) is 3.22. The van der Waals surface area contributed by atoms with Crippen molar-refractivity contribution >= 4 is 23.2 Å². The van der Waals surface area contributed by atoms with Crippen molar-refractivity contribution in [3.8, 4) is 5.75 Å². The van der Waals surface area contributed by atoms with Gasteiger partial charge in [-0.1, -0.05) is 29.8 Å². The molecule has 0 aliphatic heterocycles. The molecule has 4 nitrogen and oxygen atoms in total. The summed E-state index contributed by atoms with van der Waals surface area (Å²) in [6.45, 7) is 0.376. The van der Waals surface area contributed by atoms with Crippen LogP contribution in [-0.2, 0) is 6.54 Å². The number of anilines is 1. The van der Waals surface area contributed by atoms with Crippen LogP contribution in [-0.4, -0.2) is 13.0 Å². The maximum atomic E-state index is 12.1. The Hall–Kier alpha value is -2.20. The van der Waals surface area contributed by atoms with E-state index in [1.54, 1.807) is 25.3 Å². The van der Waals surface area contributed by atoms with Gasteiger partial charge in [-0.3, -0.25) is 4.79 Å². The van der Waals surface area contributed by atoms with Crippen molar-refractivity contribution in [1.29, 1.82) is 0 Å². The maximum Gasteiger partial charge on any atom is 0.255 e. The van der Waals surface area contributed by atoms with Gasteiger partial charge in [0.2, 0.25) is 0 Å². The molecule has 0 unspecified atom stereocenters. The number of carbonyl (C=O) groups is 1. The molecule has 2 aromatic carbocycles. The van der Waals surface area contributed by atoms with E-state index >= 15 is 0 Å². The SMILES string of the molecule is COc1cccc(CNC(=O)c2c(N)cccc2Cl)c1. The Morgan fingerprint density at radius 2 is 2.05 bits per heavy atom. The van der Waals surface area contributed by atoms with Crippen LogP contribution in [0.2, 0.25) is 5.02 Å². The van der Waals surface area contributed by atoms with Crippen molar-refractivity contribution in [1.82, 2.24) is 5.32 Å². The Bertz CT molecular complexity index is 609. The molecule has 0 aromatic heterocycles. The quantitative estimate of drug-likeness (QED) is 0.851. The number of nitrogen functional groups attached to an aromatic ring is 1. The van der Waals surface area contributed by atoms with E-state index in [2.05, 4.69) is 5.32 Å². The van der Waals surface area contributed by atoms with E-state index in [1.807, 2.05) is 24.3 Å². The first-order valence-electron chi connectivity index (χ1n) is 6.07. The second kappa shape index (κ2) is 6.30. The highest BCUT2D eigenvalue weighted by molar-refractivity contribution is 6.34. The van der Waals surface area contributed by atoms with Gasteiger partial charge < -0.3 is 15.8 Å². The zero-order chi connectivity index (χ0) is 14.5. The minimum absolute atomic E-state index is 0.295. The fourth-order valence-electron chi connectivity index (χ4n) is 1.83. The Kier molecular flexibility index (Phi) is 4.48. The van der Waals surface area contributed by atoms with Crippen LogP contribution in [0.25, 0.3) is 0 Å². The summed E-state index contributed by atoms with van der Waals surface area (Å²) in [6, 6.07) is 12.5. The van der Waals surface area contributed by atoms with Gasteiger partial charge in [0.1, 0.15) is 5.75 Å². The van der Waals surface area contributed by atoms with Crippen LogP contribution < -0.4 is 15.8 Å². The van der Waals surface area contributed by atoms with E-state index < -0.39 is 0 Å². The van der Waals surface area contributed by atoms with Gasteiger partial charge in [-0.05, 0) is 29.8 Å². The highest BCUT2D eigenvalue weighted by Gasteiger charge is 2.13. The number of nitrogens with one attached hydrogen (secondary N) is 1. The second-order valence-electron chi connectivity index (χ2n) is 4.24. The molecule has 3 N–H and O–H groups in total. The van der Waals surface area contributed by atoms with E-state index in [9.17, 15) is 4.79 Å². The molecule has 0 atom stereocenters. The second-order valence-corrected chi connectivity index (χ2v) is 4.65. The van der Waals surface area contributed by atoms with Crippen molar-refractivity contribution in [2.75, 3.05) is 12.8 Å². The summed E-state index contributed by atoms with van der Waals surface area (Å²) in [5.41, 5.74) is 7.37. The molecule has 0 bridgehead atoms. The lowest BCUT2D eigenvalue weighted by atomic mass is 10.1. The summed E-state index contributed by atoms with van der Waals surface area (Å²) in [6.07, 6.45) is 0. The topological polar surface area (TPSA) is 64.3 Å². The molecule has 0 saturated carbocycles. The molecule has 0 radical (unpaired) electrons. The summed E-state index contributed by atoms with van der Waals surface area (Å²) >= 11 is 5.99. The maximum absolute atomic E-state index is 12.1. The van der Waals surface area contributed by atoms with Crippen LogP contribution in [0.3, 0.4) is 0 Å². The molecule has 0 heterocycles. The zero-order valence-corrected chi connectivity index (χ0v) is 11.8. The highest BCUT2D eigenvalue weighted by atomic mass is 35.5. The molecule has 2 aromatic rings. The number of carbonyl (C=O) groups excluding carboxylic acids is 1. The number of rotatable bonds is 4. The largest absolute Gasteiger partial charge is 0.497 e. The lowest BCUT2D eigenvalue weighted by Crippen LogP contribution is -2.24. The zero-order valence-electron chi connectivity index (χ0n) is 11.0. The van der Waals surface area contributed by atoms with Gasteiger partial charge in [0.05, 0.1) is 17.7 Å². The average Bonchev–Trinajstić information content (AvgIpc) is 2.45. The van der Waals surface area contributed by atoms with E-state index in [-0.39, 0.29) is 5.91 Å². The minimum atomic E-state index is -0.295. The summed E-state index contributed by atoms with van der Waals surface area (Å²) in [5.74, 6) is 0.449. The fourth-order valence-corrected chi connectivity index (χ4v) is 2.10. The third-order valence-electron chi connectivity index (χ3n) is 2.86. The molecule has 1 amide bonds. The predicted molar refractivity (Wildman–Crippen MR) is 80.0 cm³/mol. The molecule has 2 rings (SSSR count). The van der Waals surface area contributed by atoms with Crippen LogP contribution in [0, 0.1) is 0 Å². The van der Waals surface area contributed by atoms with E-state index in [0.717, 1.165) is 11.3 Å². The molecule has 20 heavy (non-hydrogen) atoms. The number of benzene rings is 2. The molecule has 5 heteroatoms. The van der Waals surface area contributed by atoms with Gasteiger partial charge in [0.25, 0.3) is 5.91 Å². The number of amides is 1. The lowest BCUT2D eigenvalue weighted by molar-refractivity contribution is 0.0952. The minimum Gasteiger partial charge on any atom is -0.497 e. The summed E-state index contributed by atoms with van der Waals surface area (Å²) in [7, 11) is 1.60. The van der Waals surface area contributed by atoms with E-state index in [4.69, 9.17) is 22.1 Å². The standard InChI is InChI=1S/C15H15ClN2O2/c1-20-11-5-2-4-10(8-11)9-18-15(19)14-12(16)6-3-7-13(14)17/h2-8H,9,17H2,1H3,(H,18,19). The van der Waals surface area contributed by atoms with E-state index in [0.29, 0.717) is 22.8 Å². The lowest BCUT2D eigenvalue weighted by Gasteiger charge is -2.10. The van der Waals surface area contributed by atoms with Crippen molar-refractivity contribution in [3.63, 3.8) is 0 Å². The van der Waals surface area contributed by atoms with Crippen LogP contribution in [0.4, 0.5) is 5.69 Å². The fraction of sp³-hybridized carbons (Fsp3) is 0.133.